The summed E-state index contributed by atoms with van der Waals surface area (Å²) < 4.78 is 26.5. The minimum absolute atomic E-state index is 0.00633. The lowest BCUT2D eigenvalue weighted by atomic mass is 10.1. The summed E-state index contributed by atoms with van der Waals surface area (Å²) in [7, 11) is -3.58. The molecule has 0 aliphatic heterocycles. The van der Waals surface area contributed by atoms with Crippen LogP contribution in [-0.4, -0.2) is 57.4 Å². The van der Waals surface area contributed by atoms with Crippen molar-refractivity contribution in [3.05, 3.63) is 48.0 Å². The van der Waals surface area contributed by atoms with Crippen LogP contribution in [-0.2, 0) is 10.0 Å². The van der Waals surface area contributed by atoms with E-state index in [4.69, 9.17) is 21.8 Å². The Labute approximate surface area is 175 Å². The molecular formula is C19H25ClN4O4S. The van der Waals surface area contributed by atoms with Crippen LogP contribution in [0.3, 0.4) is 0 Å². The number of nitrogens with one attached hydrogen (secondary N) is 1. The summed E-state index contributed by atoms with van der Waals surface area (Å²) >= 11 is 5.51. The molecule has 0 unspecified atom stereocenters. The molecule has 3 N–H and O–H groups in total. The van der Waals surface area contributed by atoms with Crippen molar-refractivity contribution in [2.75, 3.05) is 43.6 Å². The van der Waals surface area contributed by atoms with Gasteiger partial charge in [-0.3, -0.25) is 0 Å². The Bertz CT molecular complexity index is 914. The van der Waals surface area contributed by atoms with Gasteiger partial charge in [-0.25, -0.2) is 13.1 Å². The number of benzene rings is 2. The van der Waals surface area contributed by atoms with Gasteiger partial charge in [0.1, 0.15) is 0 Å². The SMILES string of the molecule is Cc1cc(N(CCO)CCO)ccc1/N=N/c1ccc(S(=O)(=O)NCCCl)cc1. The van der Waals surface area contributed by atoms with Crippen LogP contribution >= 0.6 is 11.6 Å². The molecule has 0 amide bonds. The number of hydrogen-bond acceptors (Lipinski definition) is 7. The monoisotopic (exact) mass is 440 g/mol. The Morgan fingerprint density at radius 2 is 1.69 bits per heavy atom. The van der Waals surface area contributed by atoms with Crippen molar-refractivity contribution in [1.82, 2.24) is 4.72 Å². The van der Waals surface area contributed by atoms with Gasteiger partial charge in [0.25, 0.3) is 0 Å². The van der Waals surface area contributed by atoms with Gasteiger partial charge in [0, 0.05) is 31.2 Å². The summed E-state index contributed by atoms with van der Waals surface area (Å²) in [6.45, 7) is 2.90. The minimum Gasteiger partial charge on any atom is -0.395 e. The predicted octanol–water partition coefficient (Wildman–Crippen LogP) is 2.72. The second kappa shape index (κ2) is 11.2. The van der Waals surface area contributed by atoms with Crippen LogP contribution in [0.5, 0.6) is 0 Å². The summed E-state index contributed by atoms with van der Waals surface area (Å²) in [6, 6.07) is 11.7. The number of azo groups is 1. The highest BCUT2D eigenvalue weighted by Gasteiger charge is 2.12. The Hall–Kier alpha value is -2.04. The van der Waals surface area contributed by atoms with E-state index < -0.39 is 10.0 Å². The van der Waals surface area contributed by atoms with Crippen molar-refractivity contribution >= 4 is 38.7 Å². The fourth-order valence-corrected chi connectivity index (χ4v) is 3.86. The standard InChI is InChI=1S/C19H25ClN4O4S/c1-15-14-17(24(10-12-25)11-13-26)4-7-19(15)23-22-16-2-5-18(6-3-16)29(27,28)21-9-8-20/h2-7,14,21,25-26H,8-13H2,1H3/b23-22+. The minimum atomic E-state index is -3.58. The summed E-state index contributed by atoms with van der Waals surface area (Å²) in [5.74, 6) is 0.196. The fraction of sp³-hybridized carbons (Fsp3) is 0.368. The van der Waals surface area contributed by atoms with Crippen LogP contribution in [0.15, 0.2) is 57.6 Å². The fourth-order valence-electron chi connectivity index (χ4n) is 2.62. The number of aliphatic hydroxyl groups is 2. The molecule has 158 valence electrons. The van der Waals surface area contributed by atoms with Crippen LogP contribution in [0.1, 0.15) is 5.56 Å². The van der Waals surface area contributed by atoms with Gasteiger partial charge in [-0.15, -0.1) is 11.6 Å². The zero-order valence-electron chi connectivity index (χ0n) is 16.1. The van der Waals surface area contributed by atoms with E-state index >= 15 is 0 Å². The van der Waals surface area contributed by atoms with Gasteiger partial charge >= 0.3 is 0 Å². The maximum Gasteiger partial charge on any atom is 0.240 e. The van der Waals surface area contributed by atoms with Crippen molar-refractivity contribution in [3.8, 4) is 0 Å². The molecule has 0 saturated heterocycles. The van der Waals surface area contributed by atoms with Gasteiger partial charge in [-0.05, 0) is 55.0 Å². The van der Waals surface area contributed by atoms with Gasteiger partial charge < -0.3 is 15.1 Å². The molecule has 0 saturated carbocycles. The Kier molecular flexibility index (Phi) is 8.99. The third-order valence-electron chi connectivity index (χ3n) is 4.09. The molecule has 2 rings (SSSR count). The van der Waals surface area contributed by atoms with E-state index in [1.54, 1.807) is 12.1 Å². The zero-order valence-corrected chi connectivity index (χ0v) is 17.7. The average Bonchev–Trinajstić information content (AvgIpc) is 2.71. The van der Waals surface area contributed by atoms with Crippen molar-refractivity contribution in [3.63, 3.8) is 0 Å². The summed E-state index contributed by atoms with van der Waals surface area (Å²) in [5.41, 5.74) is 2.95. The molecular weight excluding hydrogens is 416 g/mol. The quantitative estimate of drug-likeness (QED) is 0.367. The van der Waals surface area contributed by atoms with Crippen LogP contribution in [0.2, 0.25) is 0 Å². The van der Waals surface area contributed by atoms with Crippen LogP contribution < -0.4 is 9.62 Å². The number of aliphatic hydroxyl groups excluding tert-OH is 2. The highest BCUT2D eigenvalue weighted by Crippen LogP contribution is 2.27. The molecule has 2 aromatic carbocycles. The largest absolute Gasteiger partial charge is 0.395 e. The Balaban J connectivity index is 2.13. The van der Waals surface area contributed by atoms with Gasteiger partial charge in [0.05, 0.1) is 29.5 Å². The van der Waals surface area contributed by atoms with Crippen molar-refractivity contribution in [2.45, 2.75) is 11.8 Å². The lowest BCUT2D eigenvalue weighted by Crippen LogP contribution is -2.29. The summed E-state index contributed by atoms with van der Waals surface area (Å²) in [4.78, 5) is 2.01. The molecule has 0 aliphatic carbocycles. The highest BCUT2D eigenvalue weighted by atomic mass is 35.5. The lowest BCUT2D eigenvalue weighted by Gasteiger charge is -2.23. The van der Waals surface area contributed by atoms with Crippen molar-refractivity contribution in [1.29, 1.82) is 0 Å². The van der Waals surface area contributed by atoms with Gasteiger partial charge in [0.2, 0.25) is 10.0 Å². The topological polar surface area (TPSA) is 115 Å². The average molecular weight is 441 g/mol. The second-order valence-electron chi connectivity index (χ2n) is 6.19. The number of anilines is 1. The number of alkyl halides is 1. The third-order valence-corrected chi connectivity index (χ3v) is 5.76. The highest BCUT2D eigenvalue weighted by molar-refractivity contribution is 7.89. The molecule has 0 atom stereocenters. The third kappa shape index (κ3) is 6.76. The first-order valence-electron chi connectivity index (χ1n) is 9.06. The lowest BCUT2D eigenvalue weighted by molar-refractivity contribution is 0.281. The summed E-state index contributed by atoms with van der Waals surface area (Å²) in [6.07, 6.45) is 0. The van der Waals surface area contributed by atoms with Gasteiger partial charge in [-0.1, -0.05) is 0 Å². The van der Waals surface area contributed by atoms with E-state index in [2.05, 4.69) is 15.0 Å². The van der Waals surface area contributed by atoms with E-state index in [-0.39, 0.29) is 30.5 Å². The van der Waals surface area contributed by atoms with Crippen molar-refractivity contribution in [2.24, 2.45) is 10.2 Å². The maximum atomic E-state index is 12.0. The molecule has 0 radical (unpaired) electrons. The van der Waals surface area contributed by atoms with Crippen LogP contribution in [0.4, 0.5) is 17.1 Å². The molecule has 29 heavy (non-hydrogen) atoms. The van der Waals surface area contributed by atoms with E-state index in [0.29, 0.717) is 24.5 Å². The Morgan fingerprint density at radius 3 is 2.24 bits per heavy atom. The molecule has 8 nitrogen and oxygen atoms in total. The molecule has 0 spiro atoms. The normalized spacial score (nSPS) is 11.9. The summed E-state index contributed by atoms with van der Waals surface area (Å²) in [5, 5.41) is 26.7. The van der Waals surface area contributed by atoms with Gasteiger partial charge in [-0.2, -0.15) is 10.2 Å². The molecule has 10 heteroatoms. The van der Waals surface area contributed by atoms with Crippen molar-refractivity contribution < 1.29 is 18.6 Å². The number of hydrogen-bond donors (Lipinski definition) is 3. The van der Waals surface area contributed by atoms with E-state index in [1.807, 2.05) is 30.0 Å². The molecule has 0 aromatic heterocycles. The number of nitrogens with zero attached hydrogens (tertiary/aromatic N) is 3. The first-order valence-corrected chi connectivity index (χ1v) is 11.1. The molecule has 0 bridgehead atoms. The first-order chi connectivity index (χ1) is 13.9. The predicted molar refractivity (Wildman–Crippen MR) is 114 cm³/mol. The first kappa shape index (κ1) is 23.2. The van der Waals surface area contributed by atoms with E-state index in [0.717, 1.165) is 11.3 Å². The van der Waals surface area contributed by atoms with Crippen LogP contribution in [0.25, 0.3) is 0 Å². The van der Waals surface area contributed by atoms with E-state index in [1.165, 1.54) is 12.1 Å². The van der Waals surface area contributed by atoms with Gasteiger partial charge in [0.15, 0.2) is 0 Å². The molecule has 2 aromatic rings. The maximum absolute atomic E-state index is 12.0. The number of rotatable bonds is 11. The number of aryl methyl sites for hydroxylation is 1. The molecule has 0 fully saturated rings. The molecule has 0 heterocycles. The Morgan fingerprint density at radius 1 is 1.03 bits per heavy atom. The van der Waals surface area contributed by atoms with E-state index in [9.17, 15) is 8.42 Å². The number of sulfonamides is 1. The van der Waals surface area contributed by atoms with Crippen LogP contribution in [0, 0.1) is 6.92 Å². The molecule has 0 aliphatic rings. The number of halogens is 1. The zero-order chi connectivity index (χ0) is 21.3. The second-order valence-corrected chi connectivity index (χ2v) is 8.33. The smallest absolute Gasteiger partial charge is 0.240 e.